The number of urea groups is 1. The zero-order valence-electron chi connectivity index (χ0n) is 9.87. The van der Waals surface area contributed by atoms with E-state index in [0.29, 0.717) is 19.0 Å². The van der Waals surface area contributed by atoms with Gasteiger partial charge in [0.05, 0.1) is 0 Å². The highest BCUT2D eigenvalue weighted by molar-refractivity contribution is 5.96. The molecule has 0 unspecified atom stereocenters. The standard InChI is InChI=1S/C12H20N2O2/c1-2-9-3-5-10(6-4-9)14-8-7-11(15)13-12(14)16/h9-10H,2-8H2,1H3,(H,13,15,16). The molecular formula is C12H20N2O2. The van der Waals surface area contributed by atoms with Gasteiger partial charge in [-0.05, 0) is 31.6 Å². The van der Waals surface area contributed by atoms with Gasteiger partial charge in [-0.2, -0.15) is 0 Å². The van der Waals surface area contributed by atoms with E-state index in [-0.39, 0.29) is 11.9 Å². The highest BCUT2D eigenvalue weighted by Crippen LogP contribution is 2.30. The Morgan fingerprint density at radius 3 is 2.50 bits per heavy atom. The summed E-state index contributed by atoms with van der Waals surface area (Å²) >= 11 is 0. The van der Waals surface area contributed by atoms with Crippen LogP contribution in [0.3, 0.4) is 0 Å². The second-order valence-corrected chi connectivity index (χ2v) is 4.88. The number of nitrogens with one attached hydrogen (secondary N) is 1. The molecule has 3 amide bonds. The monoisotopic (exact) mass is 224 g/mol. The molecular weight excluding hydrogens is 204 g/mol. The Balaban J connectivity index is 1.89. The fourth-order valence-corrected chi connectivity index (χ4v) is 2.79. The van der Waals surface area contributed by atoms with Gasteiger partial charge in [-0.15, -0.1) is 0 Å². The minimum atomic E-state index is -0.184. The number of rotatable bonds is 2. The Morgan fingerprint density at radius 2 is 1.94 bits per heavy atom. The lowest BCUT2D eigenvalue weighted by Crippen LogP contribution is -2.54. The number of carbonyl (C=O) groups is 2. The maximum absolute atomic E-state index is 11.6. The van der Waals surface area contributed by atoms with E-state index in [9.17, 15) is 9.59 Å². The summed E-state index contributed by atoms with van der Waals surface area (Å²) < 4.78 is 0. The number of amides is 3. The molecule has 1 saturated carbocycles. The average Bonchev–Trinajstić information content (AvgIpc) is 2.29. The predicted molar refractivity (Wildman–Crippen MR) is 60.9 cm³/mol. The summed E-state index contributed by atoms with van der Waals surface area (Å²) in [6.45, 7) is 2.84. The van der Waals surface area contributed by atoms with Crippen LogP contribution in [0.4, 0.5) is 4.79 Å². The lowest BCUT2D eigenvalue weighted by molar-refractivity contribution is -0.121. The number of carbonyl (C=O) groups excluding carboxylic acids is 2. The predicted octanol–water partition coefficient (Wildman–Crippen LogP) is 1.90. The largest absolute Gasteiger partial charge is 0.324 e. The maximum Gasteiger partial charge on any atom is 0.324 e. The highest BCUT2D eigenvalue weighted by atomic mass is 16.2. The van der Waals surface area contributed by atoms with Crippen molar-refractivity contribution < 1.29 is 9.59 Å². The zero-order valence-corrected chi connectivity index (χ0v) is 9.87. The summed E-state index contributed by atoms with van der Waals surface area (Å²) in [5.41, 5.74) is 0. The van der Waals surface area contributed by atoms with Gasteiger partial charge in [0.1, 0.15) is 0 Å². The molecule has 16 heavy (non-hydrogen) atoms. The van der Waals surface area contributed by atoms with Crippen LogP contribution in [0.25, 0.3) is 0 Å². The van der Waals surface area contributed by atoms with Crippen LogP contribution < -0.4 is 5.32 Å². The van der Waals surface area contributed by atoms with E-state index in [1.165, 1.54) is 19.3 Å². The van der Waals surface area contributed by atoms with Crippen molar-refractivity contribution in [3.05, 3.63) is 0 Å². The first-order valence-electron chi connectivity index (χ1n) is 6.31. The van der Waals surface area contributed by atoms with E-state index in [1.807, 2.05) is 4.90 Å². The molecule has 1 N–H and O–H groups in total. The fraction of sp³-hybridized carbons (Fsp3) is 0.833. The van der Waals surface area contributed by atoms with Crippen molar-refractivity contribution in [3.63, 3.8) is 0 Å². The fourth-order valence-electron chi connectivity index (χ4n) is 2.79. The van der Waals surface area contributed by atoms with Gasteiger partial charge in [-0.1, -0.05) is 13.3 Å². The van der Waals surface area contributed by atoms with Gasteiger partial charge in [0, 0.05) is 19.0 Å². The first-order valence-corrected chi connectivity index (χ1v) is 6.31. The van der Waals surface area contributed by atoms with Crippen LogP contribution in [-0.2, 0) is 4.79 Å². The molecule has 0 aromatic carbocycles. The van der Waals surface area contributed by atoms with Gasteiger partial charge in [0.2, 0.25) is 5.91 Å². The molecule has 1 saturated heterocycles. The topological polar surface area (TPSA) is 49.4 Å². The Bertz CT molecular complexity index is 283. The van der Waals surface area contributed by atoms with E-state index in [1.54, 1.807) is 0 Å². The van der Waals surface area contributed by atoms with Gasteiger partial charge >= 0.3 is 6.03 Å². The van der Waals surface area contributed by atoms with Crippen LogP contribution in [-0.4, -0.2) is 29.4 Å². The minimum absolute atomic E-state index is 0.136. The van der Waals surface area contributed by atoms with E-state index in [2.05, 4.69) is 12.2 Å². The van der Waals surface area contributed by atoms with Crippen molar-refractivity contribution >= 4 is 11.9 Å². The van der Waals surface area contributed by atoms with Crippen molar-refractivity contribution in [1.82, 2.24) is 10.2 Å². The SMILES string of the molecule is CCC1CCC(N2CCC(=O)NC2=O)CC1. The lowest BCUT2D eigenvalue weighted by atomic mass is 9.84. The molecule has 2 aliphatic rings. The molecule has 0 aromatic heterocycles. The van der Waals surface area contributed by atoms with Gasteiger partial charge in [0.25, 0.3) is 0 Å². The van der Waals surface area contributed by atoms with Crippen LogP contribution in [0, 0.1) is 5.92 Å². The number of nitrogens with zero attached hydrogens (tertiary/aromatic N) is 1. The van der Waals surface area contributed by atoms with E-state index in [4.69, 9.17) is 0 Å². The van der Waals surface area contributed by atoms with E-state index >= 15 is 0 Å². The van der Waals surface area contributed by atoms with Crippen molar-refractivity contribution in [3.8, 4) is 0 Å². The Labute approximate surface area is 96.4 Å². The van der Waals surface area contributed by atoms with Crippen molar-refractivity contribution in [2.45, 2.75) is 51.5 Å². The first kappa shape index (κ1) is 11.4. The number of hydrogen-bond donors (Lipinski definition) is 1. The number of hydrogen-bond acceptors (Lipinski definition) is 2. The van der Waals surface area contributed by atoms with Crippen molar-refractivity contribution in [2.75, 3.05) is 6.54 Å². The molecule has 2 fully saturated rings. The molecule has 0 aromatic rings. The van der Waals surface area contributed by atoms with Gasteiger partial charge in [-0.3, -0.25) is 10.1 Å². The second-order valence-electron chi connectivity index (χ2n) is 4.88. The maximum atomic E-state index is 11.6. The molecule has 1 aliphatic heterocycles. The third-order valence-corrected chi connectivity index (χ3v) is 3.92. The molecule has 90 valence electrons. The molecule has 0 atom stereocenters. The molecule has 1 aliphatic carbocycles. The molecule has 4 nitrogen and oxygen atoms in total. The molecule has 4 heteroatoms. The summed E-state index contributed by atoms with van der Waals surface area (Å²) in [6.07, 6.45) is 6.34. The highest BCUT2D eigenvalue weighted by Gasteiger charge is 2.31. The normalized spacial score (nSPS) is 31.4. The third-order valence-electron chi connectivity index (χ3n) is 3.92. The van der Waals surface area contributed by atoms with E-state index < -0.39 is 0 Å². The van der Waals surface area contributed by atoms with Crippen LogP contribution in [0.5, 0.6) is 0 Å². The van der Waals surface area contributed by atoms with Crippen LogP contribution >= 0.6 is 0 Å². The van der Waals surface area contributed by atoms with Crippen molar-refractivity contribution in [1.29, 1.82) is 0 Å². The van der Waals surface area contributed by atoms with Crippen molar-refractivity contribution in [2.24, 2.45) is 5.92 Å². The lowest BCUT2D eigenvalue weighted by Gasteiger charge is -2.38. The van der Waals surface area contributed by atoms with Crippen LogP contribution in [0.15, 0.2) is 0 Å². The molecule has 2 rings (SSSR count). The van der Waals surface area contributed by atoms with Gasteiger partial charge in [-0.25, -0.2) is 4.79 Å². The summed E-state index contributed by atoms with van der Waals surface area (Å²) in [5.74, 6) is 0.703. The minimum Gasteiger partial charge on any atom is -0.321 e. The molecule has 0 radical (unpaired) electrons. The van der Waals surface area contributed by atoms with Gasteiger partial charge < -0.3 is 4.90 Å². The van der Waals surface area contributed by atoms with Crippen LogP contribution in [0.1, 0.15) is 45.4 Å². The Morgan fingerprint density at radius 1 is 1.25 bits per heavy atom. The molecule has 0 bridgehead atoms. The first-order chi connectivity index (χ1) is 7.70. The van der Waals surface area contributed by atoms with E-state index in [0.717, 1.165) is 18.8 Å². The second kappa shape index (κ2) is 4.85. The summed E-state index contributed by atoms with van der Waals surface area (Å²) in [5, 5.41) is 2.40. The summed E-state index contributed by atoms with van der Waals surface area (Å²) in [7, 11) is 0. The summed E-state index contributed by atoms with van der Waals surface area (Å²) in [4.78, 5) is 24.5. The molecule has 0 spiro atoms. The van der Waals surface area contributed by atoms with Crippen LogP contribution in [0.2, 0.25) is 0 Å². The van der Waals surface area contributed by atoms with Gasteiger partial charge in [0.15, 0.2) is 0 Å². The summed E-state index contributed by atoms with van der Waals surface area (Å²) in [6, 6.07) is 0.173. The Kier molecular flexibility index (Phi) is 3.46. The zero-order chi connectivity index (χ0) is 11.5. The average molecular weight is 224 g/mol. The smallest absolute Gasteiger partial charge is 0.321 e. The Hall–Kier alpha value is -1.06. The third kappa shape index (κ3) is 2.36. The quantitative estimate of drug-likeness (QED) is 0.778. The molecule has 1 heterocycles. The number of imide groups is 1.